The zero-order chi connectivity index (χ0) is 21.0. The lowest BCUT2D eigenvalue weighted by Gasteiger charge is -2.16. The lowest BCUT2D eigenvalue weighted by Crippen LogP contribution is -2.38. The summed E-state index contributed by atoms with van der Waals surface area (Å²) in [6, 6.07) is 13.9. The normalized spacial score (nSPS) is 11.6. The Bertz CT molecular complexity index is 1110. The van der Waals surface area contributed by atoms with Crippen LogP contribution in [0, 0.1) is 6.92 Å². The number of nitrogens with one attached hydrogen (secondary N) is 1. The van der Waals surface area contributed by atoms with Crippen LogP contribution < -0.4 is 5.32 Å². The molecule has 1 N–H and O–H groups in total. The fourth-order valence-corrected chi connectivity index (χ4v) is 4.01. The van der Waals surface area contributed by atoms with Gasteiger partial charge in [-0.05, 0) is 31.2 Å². The number of nitrogens with zero attached hydrogens (tertiary/aromatic N) is 3. The first kappa shape index (κ1) is 21.2. The Balaban J connectivity index is 1.58. The standard InChI is InChI=1S/C19H19BrN4O4S/c1-13-6-8-16(9-7-13)29(26,27)24(2)12-17(25)21-11-18-22-19(23-28-18)14-4-3-5-15(20)10-14/h3-10H,11-12H2,1-2H3,(H,21,25). The molecule has 0 aliphatic heterocycles. The van der Waals surface area contributed by atoms with Crippen LogP contribution in [-0.4, -0.2) is 42.4 Å². The maximum atomic E-state index is 12.5. The van der Waals surface area contributed by atoms with Gasteiger partial charge in [0.2, 0.25) is 27.6 Å². The summed E-state index contributed by atoms with van der Waals surface area (Å²) in [5, 5.41) is 6.48. The minimum absolute atomic E-state index is 0.00173. The van der Waals surface area contributed by atoms with E-state index >= 15 is 0 Å². The molecule has 0 spiro atoms. The number of likely N-dealkylation sites (N-methyl/N-ethyl adjacent to an activating group) is 1. The topological polar surface area (TPSA) is 105 Å². The Kier molecular flexibility index (Phi) is 6.46. The van der Waals surface area contributed by atoms with Crippen LogP contribution in [-0.2, 0) is 21.4 Å². The highest BCUT2D eigenvalue weighted by molar-refractivity contribution is 9.10. The molecular formula is C19H19BrN4O4S. The Labute approximate surface area is 177 Å². The van der Waals surface area contributed by atoms with E-state index in [0.717, 1.165) is 19.9 Å². The molecule has 1 heterocycles. The van der Waals surface area contributed by atoms with Crippen LogP contribution in [0.1, 0.15) is 11.5 Å². The molecule has 0 aliphatic rings. The van der Waals surface area contributed by atoms with Crippen LogP contribution in [0.15, 0.2) is 62.4 Å². The van der Waals surface area contributed by atoms with Gasteiger partial charge in [0.15, 0.2) is 0 Å². The second-order valence-electron chi connectivity index (χ2n) is 6.37. The van der Waals surface area contributed by atoms with E-state index in [1.54, 1.807) is 12.1 Å². The number of amides is 1. The number of hydrogen-bond donors (Lipinski definition) is 1. The number of halogens is 1. The van der Waals surface area contributed by atoms with Crippen LogP contribution in [0.2, 0.25) is 0 Å². The van der Waals surface area contributed by atoms with Gasteiger partial charge < -0.3 is 9.84 Å². The summed E-state index contributed by atoms with van der Waals surface area (Å²) in [5.41, 5.74) is 1.72. The van der Waals surface area contributed by atoms with E-state index in [1.807, 2.05) is 31.2 Å². The van der Waals surface area contributed by atoms with Crippen molar-refractivity contribution in [3.05, 3.63) is 64.5 Å². The van der Waals surface area contributed by atoms with E-state index in [2.05, 4.69) is 31.4 Å². The van der Waals surface area contributed by atoms with E-state index in [9.17, 15) is 13.2 Å². The van der Waals surface area contributed by atoms with Gasteiger partial charge in [-0.15, -0.1) is 0 Å². The fraction of sp³-hybridized carbons (Fsp3) is 0.211. The zero-order valence-corrected chi connectivity index (χ0v) is 18.2. The van der Waals surface area contributed by atoms with Crippen LogP contribution in [0.3, 0.4) is 0 Å². The van der Waals surface area contributed by atoms with Crippen molar-refractivity contribution in [2.75, 3.05) is 13.6 Å². The molecule has 2 aromatic carbocycles. The first-order valence-corrected chi connectivity index (χ1v) is 10.9. The van der Waals surface area contributed by atoms with E-state index in [-0.39, 0.29) is 23.9 Å². The van der Waals surface area contributed by atoms with Crippen LogP contribution in [0.25, 0.3) is 11.4 Å². The predicted octanol–water partition coefficient (Wildman–Crippen LogP) is 2.74. The van der Waals surface area contributed by atoms with Crippen molar-refractivity contribution in [3.63, 3.8) is 0 Å². The molecule has 152 valence electrons. The maximum absolute atomic E-state index is 12.5. The molecule has 1 aromatic heterocycles. The largest absolute Gasteiger partial charge is 0.346 e. The van der Waals surface area contributed by atoms with Gasteiger partial charge in [0.25, 0.3) is 0 Å². The van der Waals surface area contributed by atoms with Gasteiger partial charge in [-0.25, -0.2) is 8.42 Å². The van der Waals surface area contributed by atoms with Gasteiger partial charge in [-0.3, -0.25) is 4.79 Å². The van der Waals surface area contributed by atoms with E-state index in [1.165, 1.54) is 19.2 Å². The number of aromatic nitrogens is 2. The minimum Gasteiger partial charge on any atom is -0.346 e. The van der Waals surface area contributed by atoms with E-state index in [0.29, 0.717) is 5.82 Å². The van der Waals surface area contributed by atoms with Gasteiger partial charge in [0.1, 0.15) is 0 Å². The van der Waals surface area contributed by atoms with Gasteiger partial charge in [-0.2, -0.15) is 9.29 Å². The summed E-state index contributed by atoms with van der Waals surface area (Å²) in [6.07, 6.45) is 0. The number of hydrogen-bond acceptors (Lipinski definition) is 6. The van der Waals surface area contributed by atoms with Gasteiger partial charge >= 0.3 is 0 Å². The second kappa shape index (κ2) is 8.85. The highest BCUT2D eigenvalue weighted by Gasteiger charge is 2.23. The van der Waals surface area contributed by atoms with Gasteiger partial charge in [0.05, 0.1) is 18.0 Å². The molecule has 29 heavy (non-hydrogen) atoms. The Morgan fingerprint density at radius 2 is 1.93 bits per heavy atom. The Morgan fingerprint density at radius 3 is 2.62 bits per heavy atom. The van der Waals surface area contributed by atoms with Crippen LogP contribution in [0.5, 0.6) is 0 Å². The first-order valence-electron chi connectivity index (χ1n) is 8.64. The summed E-state index contributed by atoms with van der Waals surface area (Å²) < 4.78 is 32.1. The molecule has 0 saturated heterocycles. The van der Waals surface area contributed by atoms with Crippen molar-refractivity contribution in [3.8, 4) is 11.4 Å². The molecule has 0 unspecified atom stereocenters. The third-order valence-electron chi connectivity index (χ3n) is 4.08. The van der Waals surface area contributed by atoms with E-state index in [4.69, 9.17) is 4.52 Å². The molecular weight excluding hydrogens is 460 g/mol. The quantitative estimate of drug-likeness (QED) is 0.559. The average Bonchev–Trinajstić information content (AvgIpc) is 3.16. The zero-order valence-electron chi connectivity index (χ0n) is 15.8. The molecule has 8 nitrogen and oxygen atoms in total. The SMILES string of the molecule is Cc1ccc(S(=O)(=O)N(C)CC(=O)NCc2nc(-c3cccc(Br)c3)no2)cc1. The van der Waals surface area contributed by atoms with Crippen molar-refractivity contribution in [2.24, 2.45) is 0 Å². The van der Waals surface area contributed by atoms with Crippen molar-refractivity contribution < 1.29 is 17.7 Å². The first-order chi connectivity index (χ1) is 13.8. The highest BCUT2D eigenvalue weighted by atomic mass is 79.9. The molecule has 0 fully saturated rings. The fourth-order valence-electron chi connectivity index (χ4n) is 2.48. The Morgan fingerprint density at radius 1 is 1.21 bits per heavy atom. The Hall–Kier alpha value is -2.56. The third kappa shape index (κ3) is 5.28. The predicted molar refractivity (Wildman–Crippen MR) is 110 cm³/mol. The van der Waals surface area contributed by atoms with Gasteiger partial charge in [-0.1, -0.05) is 50.9 Å². The molecule has 0 atom stereocenters. The smallest absolute Gasteiger partial charge is 0.246 e. The number of sulfonamides is 1. The molecule has 3 rings (SSSR count). The second-order valence-corrected chi connectivity index (χ2v) is 9.33. The lowest BCUT2D eigenvalue weighted by atomic mass is 10.2. The van der Waals surface area contributed by atoms with Crippen LogP contribution in [0.4, 0.5) is 0 Å². The molecule has 0 aliphatic carbocycles. The molecule has 0 radical (unpaired) electrons. The monoisotopic (exact) mass is 478 g/mol. The summed E-state index contributed by atoms with van der Waals surface area (Å²) in [5.74, 6) is 0.136. The van der Waals surface area contributed by atoms with Crippen molar-refractivity contribution in [1.82, 2.24) is 19.8 Å². The van der Waals surface area contributed by atoms with Crippen molar-refractivity contribution in [1.29, 1.82) is 0 Å². The number of carbonyl (C=O) groups excluding carboxylic acids is 1. The summed E-state index contributed by atoms with van der Waals surface area (Å²) in [4.78, 5) is 16.5. The number of aryl methyl sites for hydroxylation is 1. The molecule has 0 bridgehead atoms. The van der Waals surface area contributed by atoms with E-state index < -0.39 is 15.9 Å². The van der Waals surface area contributed by atoms with Crippen molar-refractivity contribution >= 4 is 31.9 Å². The summed E-state index contributed by atoms with van der Waals surface area (Å²) in [6.45, 7) is 1.54. The number of benzene rings is 2. The maximum Gasteiger partial charge on any atom is 0.246 e. The molecule has 0 saturated carbocycles. The van der Waals surface area contributed by atoms with Gasteiger partial charge in [0, 0.05) is 17.1 Å². The number of rotatable bonds is 7. The number of carbonyl (C=O) groups is 1. The third-order valence-corrected chi connectivity index (χ3v) is 6.39. The summed E-state index contributed by atoms with van der Waals surface area (Å²) >= 11 is 3.38. The van der Waals surface area contributed by atoms with Crippen molar-refractivity contribution in [2.45, 2.75) is 18.4 Å². The summed E-state index contributed by atoms with van der Waals surface area (Å²) in [7, 11) is -2.40. The minimum atomic E-state index is -3.75. The average molecular weight is 479 g/mol. The molecule has 1 amide bonds. The molecule has 3 aromatic rings. The van der Waals surface area contributed by atoms with Crippen LogP contribution >= 0.6 is 15.9 Å². The molecule has 10 heteroatoms. The highest BCUT2D eigenvalue weighted by Crippen LogP contribution is 2.20. The lowest BCUT2D eigenvalue weighted by molar-refractivity contribution is -0.121.